The van der Waals surface area contributed by atoms with Crippen molar-refractivity contribution in [2.75, 3.05) is 47.5 Å². The first-order valence-electron chi connectivity index (χ1n) is 27.7. The van der Waals surface area contributed by atoms with Crippen LogP contribution in [0.2, 0.25) is 0 Å². The van der Waals surface area contributed by atoms with Crippen LogP contribution in [0.1, 0.15) is 232 Å². The number of rotatable bonds is 50. The Balaban J connectivity index is 4.06. The van der Waals surface area contributed by atoms with Gasteiger partial charge in [0.15, 0.2) is 6.10 Å². The van der Waals surface area contributed by atoms with Crippen molar-refractivity contribution in [1.29, 1.82) is 0 Å². The second-order valence-corrected chi connectivity index (χ2v) is 21.0. The highest BCUT2D eigenvalue weighted by molar-refractivity contribution is 7.47. The van der Waals surface area contributed by atoms with Crippen LogP contribution in [0.4, 0.5) is 0 Å². The number of carbonyl (C=O) groups is 2. The van der Waals surface area contributed by atoms with Gasteiger partial charge in [0.1, 0.15) is 19.8 Å². The van der Waals surface area contributed by atoms with Gasteiger partial charge in [-0.15, -0.1) is 0 Å². The normalized spacial score (nSPS) is 13.9. The van der Waals surface area contributed by atoms with Crippen LogP contribution in [0.15, 0.2) is 72.9 Å². The van der Waals surface area contributed by atoms with E-state index >= 15 is 0 Å². The number of allylic oxidation sites excluding steroid dienone is 12. The molecule has 0 heterocycles. The molecule has 0 fully saturated rings. The minimum atomic E-state index is -4.39. The SMILES string of the molecule is CC/C=C\C/C=C\C/C=C\C/C=C\CCCCCCCCCCCCCCCCCCCCC(=O)OC(COC(=O)CCCCCCC/C=C\C/C=C\CCC)COP(=O)(O)OCC[N+](C)(C)C. The Bertz CT molecular complexity index is 1380. The molecule has 0 radical (unpaired) electrons. The van der Waals surface area contributed by atoms with Gasteiger partial charge in [-0.05, 0) is 77.0 Å². The maximum absolute atomic E-state index is 12.8. The number of nitrogens with zero attached hydrogens (tertiary/aromatic N) is 1. The van der Waals surface area contributed by atoms with Crippen LogP contribution in [0, 0.1) is 0 Å². The summed E-state index contributed by atoms with van der Waals surface area (Å²) in [7, 11) is 1.47. The lowest BCUT2D eigenvalue weighted by Gasteiger charge is -2.24. The van der Waals surface area contributed by atoms with Crippen molar-refractivity contribution in [2.24, 2.45) is 0 Å². The lowest BCUT2D eigenvalue weighted by atomic mass is 10.0. The van der Waals surface area contributed by atoms with Gasteiger partial charge in [0.05, 0.1) is 27.7 Å². The van der Waals surface area contributed by atoms with Crippen LogP contribution >= 0.6 is 7.82 Å². The topological polar surface area (TPSA) is 108 Å². The molecule has 0 aromatic carbocycles. The summed E-state index contributed by atoms with van der Waals surface area (Å²) in [6.45, 7) is 4.24. The average Bonchev–Trinajstić information content (AvgIpc) is 3.30. The van der Waals surface area contributed by atoms with Gasteiger partial charge in [0, 0.05) is 12.8 Å². The molecule has 0 aromatic rings. The molecule has 0 rings (SSSR count). The van der Waals surface area contributed by atoms with Crippen molar-refractivity contribution in [3.63, 3.8) is 0 Å². The number of ether oxygens (including phenoxy) is 2. The Labute approximate surface area is 418 Å². The molecule has 2 unspecified atom stereocenters. The minimum Gasteiger partial charge on any atom is -0.462 e. The van der Waals surface area contributed by atoms with E-state index in [1.165, 1.54) is 109 Å². The molecule has 2 atom stereocenters. The highest BCUT2D eigenvalue weighted by Gasteiger charge is 2.27. The fourth-order valence-electron chi connectivity index (χ4n) is 7.46. The molecule has 0 amide bonds. The van der Waals surface area contributed by atoms with E-state index in [1.807, 2.05) is 21.1 Å². The summed E-state index contributed by atoms with van der Waals surface area (Å²) in [6.07, 6.45) is 64.1. The van der Waals surface area contributed by atoms with Crippen molar-refractivity contribution < 1.29 is 42.1 Å². The molecule has 10 heteroatoms. The Kier molecular flexibility index (Phi) is 47.6. The van der Waals surface area contributed by atoms with E-state index < -0.39 is 26.5 Å². The molecule has 0 aliphatic heterocycles. The summed E-state index contributed by atoms with van der Waals surface area (Å²) < 4.78 is 34.5. The molecule has 1 N–H and O–H groups in total. The van der Waals surface area contributed by atoms with Crippen molar-refractivity contribution >= 4 is 19.8 Å². The number of esters is 2. The second-order valence-electron chi connectivity index (χ2n) is 19.6. The molecule has 0 saturated heterocycles. The predicted molar refractivity (Wildman–Crippen MR) is 289 cm³/mol. The van der Waals surface area contributed by atoms with Crippen LogP contribution in [-0.4, -0.2) is 74.9 Å². The molecular formula is C58H105NO8P+. The fraction of sp³-hybridized carbons (Fsp3) is 0.759. The van der Waals surface area contributed by atoms with Gasteiger partial charge >= 0.3 is 19.8 Å². The van der Waals surface area contributed by atoms with Crippen molar-refractivity contribution in [2.45, 2.75) is 238 Å². The largest absolute Gasteiger partial charge is 0.472 e. The van der Waals surface area contributed by atoms with Gasteiger partial charge in [-0.25, -0.2) is 4.57 Å². The molecule has 68 heavy (non-hydrogen) atoms. The molecule has 394 valence electrons. The lowest BCUT2D eigenvalue weighted by Crippen LogP contribution is -2.37. The number of hydrogen-bond acceptors (Lipinski definition) is 7. The molecule has 0 aliphatic carbocycles. The number of hydrogen-bond donors (Lipinski definition) is 1. The third kappa shape index (κ3) is 52.8. The summed E-state index contributed by atoms with van der Waals surface area (Å²) in [5.74, 6) is -0.811. The van der Waals surface area contributed by atoms with E-state index in [-0.39, 0.29) is 32.0 Å². The van der Waals surface area contributed by atoms with E-state index in [1.54, 1.807) is 0 Å². The van der Waals surface area contributed by atoms with Gasteiger partial charge in [-0.2, -0.15) is 0 Å². The van der Waals surface area contributed by atoms with Crippen molar-refractivity contribution in [1.82, 2.24) is 0 Å². The number of phosphoric ester groups is 1. The maximum atomic E-state index is 12.8. The first-order valence-corrected chi connectivity index (χ1v) is 29.2. The monoisotopic (exact) mass is 975 g/mol. The molecule has 0 spiro atoms. The quantitative estimate of drug-likeness (QED) is 0.0211. The third-order valence-electron chi connectivity index (χ3n) is 11.7. The van der Waals surface area contributed by atoms with Gasteiger partial charge in [-0.1, -0.05) is 215 Å². The zero-order chi connectivity index (χ0) is 49.9. The molecule has 0 aromatic heterocycles. The number of phosphoric acid groups is 1. The standard InChI is InChI=1S/C58H104NO8P/c1-6-8-10-12-14-16-18-20-21-22-23-24-25-26-27-28-29-30-31-32-33-34-35-36-37-39-41-43-45-47-49-51-58(61)67-56(55-66-68(62,63)65-53-52-59(3,4)5)54-64-57(60)50-48-46-44-42-40-38-19-17-15-13-11-9-7-2/h8,10-11,13-14,16-17,19-21,23-24,56H,6-7,9,12,15,18,22,25-55H2,1-5H3/p+1/b10-8-,13-11-,16-14-,19-17-,21-20-,24-23-. The van der Waals surface area contributed by atoms with Gasteiger partial charge in [0.25, 0.3) is 0 Å². The maximum Gasteiger partial charge on any atom is 0.472 e. The highest BCUT2D eigenvalue weighted by Crippen LogP contribution is 2.43. The first-order chi connectivity index (χ1) is 33.0. The van der Waals surface area contributed by atoms with Crippen LogP contribution in [0.3, 0.4) is 0 Å². The summed E-state index contributed by atoms with van der Waals surface area (Å²) in [4.78, 5) is 35.5. The Morgan fingerprint density at radius 3 is 1.25 bits per heavy atom. The molecular weight excluding hydrogens is 870 g/mol. The highest BCUT2D eigenvalue weighted by atomic mass is 31.2. The lowest BCUT2D eigenvalue weighted by molar-refractivity contribution is -0.870. The predicted octanol–water partition coefficient (Wildman–Crippen LogP) is 16.9. The Hall–Kier alpha value is -2.55. The number of quaternary nitrogens is 1. The smallest absolute Gasteiger partial charge is 0.462 e. The molecule has 9 nitrogen and oxygen atoms in total. The van der Waals surface area contributed by atoms with E-state index in [2.05, 4.69) is 86.8 Å². The van der Waals surface area contributed by atoms with E-state index in [0.717, 1.165) is 89.9 Å². The van der Waals surface area contributed by atoms with E-state index in [0.29, 0.717) is 17.4 Å². The number of likely N-dealkylation sites (N-methyl/N-ethyl adjacent to an activating group) is 1. The summed E-state index contributed by atoms with van der Waals surface area (Å²) in [5, 5.41) is 0. The van der Waals surface area contributed by atoms with Gasteiger partial charge in [-0.3, -0.25) is 18.6 Å². The molecule has 0 aliphatic rings. The zero-order valence-electron chi connectivity index (χ0n) is 44.6. The molecule has 0 saturated carbocycles. The van der Waals surface area contributed by atoms with Crippen LogP contribution in [-0.2, 0) is 32.7 Å². The Morgan fingerprint density at radius 2 is 0.838 bits per heavy atom. The molecule has 0 bridgehead atoms. The Morgan fingerprint density at radius 1 is 0.471 bits per heavy atom. The fourth-order valence-corrected chi connectivity index (χ4v) is 8.20. The summed E-state index contributed by atoms with van der Waals surface area (Å²) in [5.41, 5.74) is 0. The van der Waals surface area contributed by atoms with Crippen molar-refractivity contribution in [3.05, 3.63) is 72.9 Å². The average molecular weight is 975 g/mol. The summed E-state index contributed by atoms with van der Waals surface area (Å²) in [6, 6.07) is 0. The van der Waals surface area contributed by atoms with E-state index in [4.69, 9.17) is 18.5 Å². The second kappa shape index (κ2) is 49.4. The van der Waals surface area contributed by atoms with Crippen molar-refractivity contribution in [3.8, 4) is 0 Å². The van der Waals surface area contributed by atoms with Gasteiger partial charge in [0.2, 0.25) is 0 Å². The number of carbonyl (C=O) groups excluding carboxylic acids is 2. The third-order valence-corrected chi connectivity index (χ3v) is 12.7. The first kappa shape index (κ1) is 65.5. The van der Waals surface area contributed by atoms with E-state index in [9.17, 15) is 19.0 Å². The van der Waals surface area contributed by atoms with Crippen LogP contribution < -0.4 is 0 Å². The zero-order valence-corrected chi connectivity index (χ0v) is 45.5. The van der Waals surface area contributed by atoms with Crippen LogP contribution in [0.25, 0.3) is 0 Å². The van der Waals surface area contributed by atoms with Crippen LogP contribution in [0.5, 0.6) is 0 Å². The van der Waals surface area contributed by atoms with Gasteiger partial charge < -0.3 is 18.9 Å². The summed E-state index contributed by atoms with van der Waals surface area (Å²) >= 11 is 0. The number of unbranched alkanes of at least 4 members (excludes halogenated alkanes) is 24. The minimum absolute atomic E-state index is 0.0280.